The van der Waals surface area contributed by atoms with Crippen LogP contribution >= 0.6 is 23.1 Å². The second-order valence-electron chi connectivity index (χ2n) is 3.60. The summed E-state index contributed by atoms with van der Waals surface area (Å²) in [4.78, 5) is 1.22. The zero-order valence-corrected chi connectivity index (χ0v) is 10.6. The standard InChI is InChI=1S/C11H13N3S2/c1-8(12)6-9-4-2-3-5-10(9)16-11-14-13-7-15-11/h2-5,7-8H,6,12H2,1H3. The number of hydrogen-bond acceptors (Lipinski definition) is 5. The first kappa shape index (κ1) is 11.6. The lowest BCUT2D eigenvalue weighted by molar-refractivity contribution is 0.729. The summed E-state index contributed by atoms with van der Waals surface area (Å²) in [6, 6.07) is 8.48. The molecule has 0 saturated heterocycles. The minimum absolute atomic E-state index is 0.177. The van der Waals surface area contributed by atoms with Crippen molar-refractivity contribution in [1.82, 2.24) is 10.2 Å². The molecule has 0 radical (unpaired) electrons. The van der Waals surface area contributed by atoms with Crippen LogP contribution in [0.1, 0.15) is 12.5 Å². The number of nitrogens with two attached hydrogens (primary N) is 1. The van der Waals surface area contributed by atoms with Crippen molar-refractivity contribution in [1.29, 1.82) is 0 Å². The van der Waals surface area contributed by atoms with Gasteiger partial charge in [-0.2, -0.15) is 0 Å². The van der Waals surface area contributed by atoms with Gasteiger partial charge in [-0.3, -0.25) is 0 Å². The van der Waals surface area contributed by atoms with Crippen LogP contribution in [0.15, 0.2) is 39.0 Å². The maximum atomic E-state index is 5.83. The van der Waals surface area contributed by atoms with Gasteiger partial charge in [-0.15, -0.1) is 10.2 Å². The molecule has 2 rings (SSSR count). The fourth-order valence-corrected chi connectivity index (χ4v) is 3.00. The van der Waals surface area contributed by atoms with Gasteiger partial charge in [0.2, 0.25) is 0 Å². The summed E-state index contributed by atoms with van der Waals surface area (Å²) in [6.07, 6.45) is 0.891. The van der Waals surface area contributed by atoms with Crippen LogP contribution in [0.2, 0.25) is 0 Å². The van der Waals surface area contributed by atoms with Crippen molar-refractivity contribution in [3.63, 3.8) is 0 Å². The molecule has 1 unspecified atom stereocenters. The molecule has 1 aromatic heterocycles. The minimum atomic E-state index is 0.177. The van der Waals surface area contributed by atoms with Crippen LogP contribution in [0.4, 0.5) is 0 Å². The van der Waals surface area contributed by atoms with E-state index in [0.717, 1.165) is 10.8 Å². The molecule has 0 spiro atoms. The van der Waals surface area contributed by atoms with Gasteiger partial charge in [-0.25, -0.2) is 0 Å². The molecule has 16 heavy (non-hydrogen) atoms. The Bertz CT molecular complexity index is 440. The number of hydrogen-bond donors (Lipinski definition) is 1. The van der Waals surface area contributed by atoms with E-state index in [2.05, 4.69) is 22.3 Å². The van der Waals surface area contributed by atoms with Crippen molar-refractivity contribution in [3.05, 3.63) is 35.3 Å². The van der Waals surface area contributed by atoms with Gasteiger partial charge in [0, 0.05) is 10.9 Å². The fraction of sp³-hybridized carbons (Fsp3) is 0.273. The SMILES string of the molecule is CC(N)Cc1ccccc1Sc1nncs1. The van der Waals surface area contributed by atoms with Gasteiger partial charge < -0.3 is 5.73 Å². The van der Waals surface area contributed by atoms with Crippen LogP contribution in [0.25, 0.3) is 0 Å². The van der Waals surface area contributed by atoms with E-state index in [1.54, 1.807) is 28.6 Å². The number of aromatic nitrogens is 2. The van der Waals surface area contributed by atoms with Crippen molar-refractivity contribution in [2.75, 3.05) is 0 Å². The van der Waals surface area contributed by atoms with Crippen LogP contribution < -0.4 is 5.73 Å². The maximum Gasteiger partial charge on any atom is 0.178 e. The highest BCUT2D eigenvalue weighted by Crippen LogP contribution is 2.31. The van der Waals surface area contributed by atoms with E-state index >= 15 is 0 Å². The van der Waals surface area contributed by atoms with Crippen molar-refractivity contribution in [3.8, 4) is 0 Å². The normalized spacial score (nSPS) is 12.6. The van der Waals surface area contributed by atoms with Crippen LogP contribution in [-0.2, 0) is 6.42 Å². The molecule has 5 heteroatoms. The van der Waals surface area contributed by atoms with Crippen LogP contribution in [0, 0.1) is 0 Å². The predicted molar refractivity (Wildman–Crippen MR) is 67.8 cm³/mol. The Hall–Kier alpha value is -0.910. The van der Waals surface area contributed by atoms with E-state index in [1.165, 1.54) is 10.5 Å². The van der Waals surface area contributed by atoms with Crippen molar-refractivity contribution < 1.29 is 0 Å². The number of benzene rings is 1. The first-order chi connectivity index (χ1) is 7.75. The Morgan fingerprint density at radius 2 is 2.25 bits per heavy atom. The van der Waals surface area contributed by atoms with Crippen LogP contribution in [-0.4, -0.2) is 16.2 Å². The molecule has 0 aliphatic rings. The van der Waals surface area contributed by atoms with Crippen LogP contribution in [0.5, 0.6) is 0 Å². The van der Waals surface area contributed by atoms with E-state index in [-0.39, 0.29) is 6.04 Å². The molecule has 0 fully saturated rings. The maximum absolute atomic E-state index is 5.83. The Balaban J connectivity index is 2.19. The molecule has 84 valence electrons. The number of rotatable bonds is 4. The Morgan fingerprint density at radius 3 is 2.94 bits per heavy atom. The van der Waals surface area contributed by atoms with E-state index in [9.17, 15) is 0 Å². The van der Waals surface area contributed by atoms with E-state index in [0.29, 0.717) is 0 Å². The highest BCUT2D eigenvalue weighted by atomic mass is 32.2. The summed E-state index contributed by atoms with van der Waals surface area (Å²) in [5.41, 5.74) is 8.85. The van der Waals surface area contributed by atoms with Crippen molar-refractivity contribution >= 4 is 23.1 Å². The molecular weight excluding hydrogens is 238 g/mol. The molecule has 0 aliphatic carbocycles. The highest BCUT2D eigenvalue weighted by molar-refractivity contribution is 8.01. The summed E-state index contributed by atoms with van der Waals surface area (Å²) in [6.45, 7) is 2.02. The summed E-state index contributed by atoms with van der Waals surface area (Å²) in [5.74, 6) is 0. The molecule has 0 bridgehead atoms. The van der Waals surface area contributed by atoms with Gasteiger partial charge in [0.05, 0.1) is 0 Å². The molecule has 1 heterocycles. The number of nitrogens with zero attached hydrogens (tertiary/aromatic N) is 2. The lowest BCUT2D eigenvalue weighted by atomic mass is 10.1. The van der Waals surface area contributed by atoms with Crippen molar-refractivity contribution in [2.45, 2.75) is 28.6 Å². The largest absolute Gasteiger partial charge is 0.328 e. The Morgan fingerprint density at radius 1 is 1.44 bits per heavy atom. The minimum Gasteiger partial charge on any atom is -0.328 e. The Labute approximate surface area is 103 Å². The smallest absolute Gasteiger partial charge is 0.178 e. The second-order valence-corrected chi connectivity index (χ2v) is 5.72. The lowest BCUT2D eigenvalue weighted by Gasteiger charge is -2.09. The van der Waals surface area contributed by atoms with Gasteiger partial charge in [0.15, 0.2) is 4.34 Å². The average molecular weight is 251 g/mol. The third kappa shape index (κ3) is 3.04. The summed E-state index contributed by atoms with van der Waals surface area (Å²) < 4.78 is 0.970. The monoisotopic (exact) mass is 251 g/mol. The molecule has 0 amide bonds. The van der Waals surface area contributed by atoms with Gasteiger partial charge >= 0.3 is 0 Å². The predicted octanol–water partition coefficient (Wildman–Crippen LogP) is 2.58. The third-order valence-corrected chi connectivity index (χ3v) is 3.95. The quantitative estimate of drug-likeness (QED) is 0.907. The van der Waals surface area contributed by atoms with E-state index < -0.39 is 0 Å². The molecule has 0 aliphatic heterocycles. The average Bonchev–Trinajstić information content (AvgIpc) is 2.73. The molecule has 1 aromatic carbocycles. The molecule has 2 N–H and O–H groups in total. The zero-order valence-electron chi connectivity index (χ0n) is 8.96. The highest BCUT2D eigenvalue weighted by Gasteiger charge is 2.07. The van der Waals surface area contributed by atoms with E-state index in [4.69, 9.17) is 5.73 Å². The van der Waals surface area contributed by atoms with Crippen molar-refractivity contribution in [2.24, 2.45) is 5.73 Å². The first-order valence-electron chi connectivity index (χ1n) is 5.03. The second kappa shape index (κ2) is 5.43. The van der Waals surface area contributed by atoms with Gasteiger partial charge in [-0.1, -0.05) is 41.3 Å². The summed E-state index contributed by atoms with van der Waals surface area (Å²) in [7, 11) is 0. The molecule has 2 aromatic rings. The van der Waals surface area contributed by atoms with Gasteiger partial charge in [-0.05, 0) is 25.0 Å². The molecular formula is C11H13N3S2. The lowest BCUT2D eigenvalue weighted by Crippen LogP contribution is -2.18. The third-order valence-electron chi connectivity index (χ3n) is 2.05. The first-order valence-corrected chi connectivity index (χ1v) is 6.73. The summed E-state index contributed by atoms with van der Waals surface area (Å²) in [5, 5.41) is 7.86. The van der Waals surface area contributed by atoms with Crippen LogP contribution in [0.3, 0.4) is 0 Å². The van der Waals surface area contributed by atoms with Gasteiger partial charge in [0.25, 0.3) is 0 Å². The fourth-order valence-electron chi connectivity index (χ4n) is 1.42. The van der Waals surface area contributed by atoms with E-state index in [1.807, 2.05) is 19.1 Å². The molecule has 1 atom stereocenters. The zero-order chi connectivity index (χ0) is 11.4. The molecule has 0 saturated carbocycles. The Kier molecular flexibility index (Phi) is 3.93. The summed E-state index contributed by atoms with van der Waals surface area (Å²) >= 11 is 3.21. The van der Waals surface area contributed by atoms with Gasteiger partial charge in [0.1, 0.15) is 5.51 Å². The topological polar surface area (TPSA) is 51.8 Å². The molecule has 3 nitrogen and oxygen atoms in total.